The summed E-state index contributed by atoms with van der Waals surface area (Å²) in [5.41, 5.74) is 0.674. The van der Waals surface area contributed by atoms with E-state index in [0.29, 0.717) is 17.5 Å². The van der Waals surface area contributed by atoms with Crippen LogP contribution in [0.4, 0.5) is 0 Å². The largest absolute Gasteiger partial charge is 0.455 e. The molecule has 3 aliphatic heterocycles. The Kier molecular flexibility index (Phi) is 11.0. The summed E-state index contributed by atoms with van der Waals surface area (Å²) < 4.78 is 14.6. The molecule has 14 heteroatoms. The minimum atomic E-state index is -1.39. The van der Waals surface area contributed by atoms with E-state index >= 15 is 0 Å². The smallest absolute Gasteiger partial charge is 0.313 e. The monoisotopic (exact) mass is 776 g/mol. The molecule has 3 saturated heterocycles. The number of aromatic nitrogens is 3. The molecule has 1 spiro atoms. The fourth-order valence-corrected chi connectivity index (χ4v) is 8.97. The minimum absolute atomic E-state index is 0.0144. The number of allylic oxidation sites excluding steroid dienone is 1. The number of fused-ring (bicyclic) bond motifs is 2. The fraction of sp³-hybridized carbons (Fsp3) is 0.474. The molecule has 0 saturated carbocycles. The summed E-state index contributed by atoms with van der Waals surface area (Å²) in [6.07, 6.45) is 2.67. The van der Waals surface area contributed by atoms with Crippen LogP contribution in [0, 0.1) is 11.8 Å². The fourth-order valence-electron chi connectivity index (χ4n) is 8.03. The summed E-state index contributed by atoms with van der Waals surface area (Å²) in [5.74, 6) is -3.81. The van der Waals surface area contributed by atoms with Crippen molar-refractivity contribution in [2.24, 2.45) is 11.8 Å². The standard InChI is InChI=1S/C38H45BrN6O7/c1-6-8-18-29(47)42(5)24(4)32(25-14-10-9-11-15-25)51-37(50)30-31-35(48)45(23(3)21-46)34(38(31)20-26(39)33(30)52-38)36(49)43(19-7-2)22-44-28-17-13-12-16-27(28)40-41-44/h6-7,9-17,23-24,26,30-34,46H,1-2,8,18-22H2,3-5H3/t23-,24+,26?,30+,31-,32-,33+,34+,38-/m1/s1. The second-order valence-corrected chi connectivity index (χ2v) is 15.0. The van der Waals surface area contributed by atoms with Crippen molar-refractivity contribution in [3.8, 4) is 0 Å². The summed E-state index contributed by atoms with van der Waals surface area (Å²) >= 11 is 3.72. The Morgan fingerprint density at radius 3 is 2.54 bits per heavy atom. The van der Waals surface area contributed by atoms with E-state index in [9.17, 15) is 24.3 Å². The number of amides is 3. The number of ether oxygens (including phenoxy) is 2. The Hall–Kier alpha value is -4.40. The number of hydrogen-bond acceptors (Lipinski definition) is 9. The van der Waals surface area contributed by atoms with Gasteiger partial charge in [0.1, 0.15) is 29.9 Å². The van der Waals surface area contributed by atoms with E-state index < -0.39 is 72.2 Å². The van der Waals surface area contributed by atoms with Gasteiger partial charge in [-0.15, -0.1) is 18.3 Å². The molecule has 52 heavy (non-hydrogen) atoms. The molecule has 2 bridgehead atoms. The van der Waals surface area contributed by atoms with Crippen LogP contribution in [-0.2, 0) is 35.3 Å². The van der Waals surface area contributed by atoms with Crippen molar-refractivity contribution < 1.29 is 33.8 Å². The van der Waals surface area contributed by atoms with Gasteiger partial charge >= 0.3 is 5.97 Å². The van der Waals surface area contributed by atoms with Crippen LogP contribution in [0.25, 0.3) is 11.0 Å². The number of esters is 1. The number of alkyl halides is 1. The number of aliphatic hydroxyl groups is 1. The number of likely N-dealkylation sites (N-methyl/N-ethyl adjacent to an activating group) is 1. The highest BCUT2D eigenvalue weighted by Crippen LogP contribution is 2.61. The molecule has 3 amide bonds. The number of para-hydroxylation sites is 1. The zero-order valence-corrected chi connectivity index (χ0v) is 31.2. The predicted octanol–water partition coefficient (Wildman–Crippen LogP) is 3.63. The van der Waals surface area contributed by atoms with Gasteiger partial charge in [0.05, 0.1) is 42.1 Å². The zero-order valence-electron chi connectivity index (χ0n) is 29.6. The second-order valence-electron chi connectivity index (χ2n) is 13.8. The average molecular weight is 778 g/mol. The van der Waals surface area contributed by atoms with Crippen molar-refractivity contribution >= 4 is 50.7 Å². The molecule has 6 rings (SSSR count). The Morgan fingerprint density at radius 1 is 1.13 bits per heavy atom. The first-order chi connectivity index (χ1) is 25.0. The third kappa shape index (κ3) is 6.45. The number of halogens is 1. The van der Waals surface area contributed by atoms with Crippen LogP contribution < -0.4 is 0 Å². The molecular formula is C38H45BrN6O7. The molecule has 1 unspecified atom stereocenters. The molecule has 0 radical (unpaired) electrons. The molecule has 3 aromatic rings. The van der Waals surface area contributed by atoms with E-state index in [0.717, 1.165) is 5.52 Å². The van der Waals surface area contributed by atoms with Crippen LogP contribution in [0.15, 0.2) is 79.9 Å². The van der Waals surface area contributed by atoms with Crippen LogP contribution in [0.3, 0.4) is 0 Å². The SMILES string of the molecule is C=CCCC(=O)N(C)[C@@H](C)[C@@H](OC(=O)[C@@H]1[C@H]2O[C@@]3(CC2Br)[C@H](C(=O)N(CC=C)Cn2nnc4ccccc42)N([C@H](C)CO)C(=O)[C@@H]13)c1ccccc1. The molecule has 9 atom stereocenters. The van der Waals surface area contributed by atoms with Crippen LogP contribution in [-0.4, -0.2) is 113 Å². The van der Waals surface area contributed by atoms with E-state index in [-0.39, 0.29) is 36.8 Å². The van der Waals surface area contributed by atoms with Gasteiger partial charge in [-0.1, -0.05) is 75.8 Å². The maximum absolute atomic E-state index is 14.8. The molecule has 3 aliphatic rings. The van der Waals surface area contributed by atoms with Gasteiger partial charge in [0.2, 0.25) is 17.7 Å². The highest BCUT2D eigenvalue weighted by atomic mass is 79.9. The van der Waals surface area contributed by atoms with Crippen molar-refractivity contribution in [3.63, 3.8) is 0 Å². The molecule has 2 aromatic carbocycles. The summed E-state index contributed by atoms with van der Waals surface area (Å²) in [6, 6.07) is 14.1. The number of rotatable bonds is 15. The number of hydrogen-bond donors (Lipinski definition) is 1. The van der Waals surface area contributed by atoms with Gasteiger partial charge in [-0.05, 0) is 44.4 Å². The quantitative estimate of drug-likeness (QED) is 0.139. The Morgan fingerprint density at radius 2 is 1.85 bits per heavy atom. The number of nitrogens with zero attached hydrogens (tertiary/aromatic N) is 6. The first kappa shape index (κ1) is 37.4. The van der Waals surface area contributed by atoms with Gasteiger partial charge in [-0.2, -0.15) is 0 Å². The van der Waals surface area contributed by atoms with Crippen molar-refractivity contribution in [2.45, 2.75) is 80.5 Å². The van der Waals surface area contributed by atoms with Gasteiger partial charge in [0.15, 0.2) is 0 Å². The number of benzene rings is 2. The third-order valence-electron chi connectivity index (χ3n) is 10.7. The van der Waals surface area contributed by atoms with Crippen LogP contribution in [0.5, 0.6) is 0 Å². The van der Waals surface area contributed by atoms with E-state index in [1.165, 1.54) is 9.80 Å². The van der Waals surface area contributed by atoms with E-state index in [4.69, 9.17) is 9.47 Å². The molecule has 1 N–H and O–H groups in total. The van der Waals surface area contributed by atoms with Crippen LogP contribution >= 0.6 is 15.9 Å². The Labute approximate surface area is 311 Å². The second kappa shape index (κ2) is 15.3. The maximum Gasteiger partial charge on any atom is 0.313 e. The lowest BCUT2D eigenvalue weighted by Gasteiger charge is -2.38. The third-order valence-corrected chi connectivity index (χ3v) is 11.6. The lowest BCUT2D eigenvalue weighted by molar-refractivity contribution is -0.165. The van der Waals surface area contributed by atoms with Gasteiger partial charge < -0.3 is 29.3 Å². The van der Waals surface area contributed by atoms with Crippen molar-refractivity contribution in [1.29, 1.82) is 0 Å². The van der Waals surface area contributed by atoms with Gasteiger partial charge in [0, 0.05) is 24.8 Å². The predicted molar refractivity (Wildman–Crippen MR) is 195 cm³/mol. The first-order valence-corrected chi connectivity index (χ1v) is 18.4. The van der Waals surface area contributed by atoms with Crippen molar-refractivity contribution in [3.05, 3.63) is 85.5 Å². The number of carbonyl (C=O) groups excluding carboxylic acids is 4. The van der Waals surface area contributed by atoms with Gasteiger partial charge in [-0.3, -0.25) is 19.2 Å². The van der Waals surface area contributed by atoms with Crippen LogP contribution in [0.1, 0.15) is 44.8 Å². The van der Waals surface area contributed by atoms with Gasteiger partial charge in [-0.25, -0.2) is 4.68 Å². The topological polar surface area (TPSA) is 147 Å². The molecule has 0 aliphatic carbocycles. The van der Waals surface area contributed by atoms with Crippen LogP contribution in [0.2, 0.25) is 0 Å². The summed E-state index contributed by atoms with van der Waals surface area (Å²) in [5, 5.41) is 18.8. The molecule has 276 valence electrons. The summed E-state index contributed by atoms with van der Waals surface area (Å²) in [6.45, 7) is 10.8. The lowest BCUT2D eigenvalue weighted by atomic mass is 9.70. The van der Waals surface area contributed by atoms with Crippen molar-refractivity contribution in [2.75, 3.05) is 20.2 Å². The minimum Gasteiger partial charge on any atom is -0.455 e. The lowest BCUT2D eigenvalue weighted by Crippen LogP contribution is -2.58. The molecule has 1 aromatic heterocycles. The Balaban J connectivity index is 1.34. The highest BCUT2D eigenvalue weighted by molar-refractivity contribution is 9.09. The summed E-state index contributed by atoms with van der Waals surface area (Å²) in [7, 11) is 1.67. The molecule has 13 nitrogen and oxygen atoms in total. The first-order valence-electron chi connectivity index (χ1n) is 17.5. The zero-order chi connectivity index (χ0) is 37.3. The van der Waals surface area contributed by atoms with E-state index in [2.05, 4.69) is 39.4 Å². The van der Waals surface area contributed by atoms with Crippen molar-refractivity contribution in [1.82, 2.24) is 29.7 Å². The maximum atomic E-state index is 14.8. The average Bonchev–Trinajstić information content (AvgIpc) is 3.88. The number of carbonyl (C=O) groups is 4. The molecular weight excluding hydrogens is 732 g/mol. The highest BCUT2D eigenvalue weighted by Gasteiger charge is 2.77. The van der Waals surface area contributed by atoms with E-state index in [1.54, 1.807) is 35.7 Å². The number of likely N-dealkylation sites (tertiary alicyclic amines) is 1. The van der Waals surface area contributed by atoms with Gasteiger partial charge in [0.25, 0.3) is 0 Å². The Bertz CT molecular complexity index is 1840. The molecule has 3 fully saturated rings. The summed E-state index contributed by atoms with van der Waals surface area (Å²) in [4.78, 5) is 61.1. The number of aliphatic hydroxyl groups excluding tert-OH is 1. The molecule has 4 heterocycles. The normalized spacial score (nSPS) is 26.4. The van der Waals surface area contributed by atoms with E-state index in [1.807, 2.05) is 61.5 Å².